The van der Waals surface area contributed by atoms with Gasteiger partial charge in [0.05, 0.1) is 25.2 Å². The van der Waals surface area contributed by atoms with Gasteiger partial charge in [0.1, 0.15) is 0 Å². The van der Waals surface area contributed by atoms with E-state index in [9.17, 15) is 0 Å². The number of benzene rings is 5. The molecule has 0 N–H and O–H groups in total. The molecule has 0 aliphatic rings. The quantitative estimate of drug-likeness (QED) is 0.112. The molecule has 0 spiro atoms. The summed E-state index contributed by atoms with van der Waals surface area (Å²) in [5.74, 6) is 0. The number of halogens is 1. The molecule has 1 unspecified atom stereocenters. The van der Waals surface area contributed by atoms with Gasteiger partial charge in [-0.15, -0.1) is 9.24 Å². The Morgan fingerprint density at radius 2 is 0.865 bits per heavy atom. The van der Waals surface area contributed by atoms with Crippen molar-refractivity contribution in [3.63, 3.8) is 0 Å². The van der Waals surface area contributed by atoms with Gasteiger partial charge in [-0.05, 0) is 35.4 Å². The molecule has 195 valence electrons. The van der Waals surface area contributed by atoms with Crippen LogP contribution in [-0.2, 0) is 14.6 Å². The predicted octanol–water partition coefficient (Wildman–Crippen LogP) is 8.81. The Hall–Kier alpha value is -2.26. The van der Waals surface area contributed by atoms with Crippen LogP contribution in [0.25, 0.3) is 11.1 Å². The second-order valence-electron chi connectivity index (χ2n) is 7.63. The molecule has 0 heterocycles. The van der Waals surface area contributed by atoms with Gasteiger partial charge in [0, 0.05) is 0 Å². The molecular weight excluding hydrogens is 552 g/mol. The first kappa shape index (κ1) is 32.8. The van der Waals surface area contributed by atoms with Crippen molar-refractivity contribution in [2.75, 3.05) is 13.3 Å². The van der Waals surface area contributed by atoms with Gasteiger partial charge >= 0.3 is 24.8 Å². The van der Waals surface area contributed by atoms with E-state index in [2.05, 4.69) is 156 Å². The maximum absolute atomic E-state index is 4.26. The minimum atomic E-state index is -0.545. The van der Waals surface area contributed by atoms with E-state index in [0.717, 1.165) is 0 Å². The van der Waals surface area contributed by atoms with Gasteiger partial charge < -0.3 is 0 Å². The molecule has 4 heteroatoms. The third-order valence-corrected chi connectivity index (χ3v) is 7.56. The molecule has 0 nitrogen and oxygen atoms in total. The molecule has 1 atom stereocenters. The third-order valence-electron chi connectivity index (χ3n) is 5.16. The SMILES string of the molecule is CP.C[PH+](c1ccccc1)c1ccccc1.Cc1[c-]cccc1.[Cl][Ni].c1ccc(-c2ccccc2)cc1. The summed E-state index contributed by atoms with van der Waals surface area (Å²) in [4.78, 5) is 0. The van der Waals surface area contributed by atoms with Crippen molar-refractivity contribution in [2.24, 2.45) is 0 Å². The van der Waals surface area contributed by atoms with Crippen LogP contribution in [0.2, 0.25) is 0 Å². The fraction of sp³-hybridized carbons (Fsp3) is 0.0909. The number of aryl methyl sites for hydroxylation is 1. The average Bonchev–Trinajstić information content (AvgIpc) is 3.02. The van der Waals surface area contributed by atoms with E-state index in [1.807, 2.05) is 50.0 Å². The van der Waals surface area contributed by atoms with Crippen molar-refractivity contribution >= 4 is 38.0 Å². The molecule has 5 aromatic carbocycles. The van der Waals surface area contributed by atoms with Gasteiger partial charge in [-0.1, -0.05) is 111 Å². The number of rotatable bonds is 3. The minimum Gasteiger partial charge on any atom is -0.0622 e. The van der Waals surface area contributed by atoms with E-state index in [-0.39, 0.29) is 0 Å². The summed E-state index contributed by atoms with van der Waals surface area (Å²) in [5.41, 5.74) is 3.75. The molecule has 0 aliphatic carbocycles. The van der Waals surface area contributed by atoms with E-state index < -0.39 is 7.92 Å². The molecule has 5 aromatic rings. The standard InChI is InChI=1S/C13H13P.C12H10.C7H7.CH5P.ClH.Ni/c1-14(12-8-4-2-5-9-12)13-10-6-3-7-11-13;1-3-7-11(8-4-1)12-9-5-2-6-10-12;1-7-5-3-2-4-6-7;1-2;;/h2-11H,1H3;1-10H;2-5H,1H3;2H2,1H3;1H;/q;;-1;;;+1. The van der Waals surface area contributed by atoms with Crippen molar-refractivity contribution in [1.29, 1.82) is 0 Å². The Morgan fingerprint density at radius 1 is 0.541 bits per heavy atom. The van der Waals surface area contributed by atoms with Crippen LogP contribution in [0.4, 0.5) is 0 Å². The van der Waals surface area contributed by atoms with Crippen LogP contribution in [0.3, 0.4) is 0 Å². The Balaban J connectivity index is 0.000000271. The summed E-state index contributed by atoms with van der Waals surface area (Å²) in [6.07, 6.45) is 0. The van der Waals surface area contributed by atoms with Crippen LogP contribution in [0, 0.1) is 13.0 Å². The van der Waals surface area contributed by atoms with Crippen LogP contribution in [0.1, 0.15) is 5.56 Å². The summed E-state index contributed by atoms with van der Waals surface area (Å²) in [6, 6.07) is 53.2. The molecule has 0 aromatic heterocycles. The zero-order chi connectivity index (χ0) is 27.1. The Labute approximate surface area is 240 Å². The first-order valence-electron chi connectivity index (χ1n) is 11.9. The summed E-state index contributed by atoms with van der Waals surface area (Å²) >= 11 is 3.35. The zero-order valence-electron chi connectivity index (χ0n) is 21.6. The summed E-state index contributed by atoms with van der Waals surface area (Å²) < 4.78 is 0. The van der Waals surface area contributed by atoms with E-state index in [1.54, 1.807) is 0 Å². The Kier molecular flexibility index (Phi) is 19.3. The van der Waals surface area contributed by atoms with Gasteiger partial charge in [0.15, 0.2) is 0 Å². The molecular formula is C33H36ClNiP2. The molecule has 0 saturated carbocycles. The van der Waals surface area contributed by atoms with Crippen molar-refractivity contribution < 1.29 is 14.6 Å². The summed E-state index contributed by atoms with van der Waals surface area (Å²) in [7, 11) is 6.14. The first-order chi connectivity index (χ1) is 18.2. The maximum Gasteiger partial charge on any atom is -0.0184 e. The number of hydrogen-bond donors (Lipinski definition) is 0. The largest absolute Gasteiger partial charge is 0.0622 e. The topological polar surface area (TPSA) is 0 Å². The molecule has 0 saturated heterocycles. The van der Waals surface area contributed by atoms with Crippen molar-refractivity contribution in [2.45, 2.75) is 6.92 Å². The van der Waals surface area contributed by atoms with Gasteiger partial charge in [-0.25, -0.2) is 0 Å². The van der Waals surface area contributed by atoms with E-state index >= 15 is 0 Å². The smallest absolute Gasteiger partial charge is 0.0184 e. The van der Waals surface area contributed by atoms with Crippen LogP contribution in [-0.4, -0.2) is 13.3 Å². The Bertz CT molecular complexity index is 1080. The van der Waals surface area contributed by atoms with Crippen LogP contribution in [0.5, 0.6) is 0 Å². The van der Waals surface area contributed by atoms with Crippen molar-refractivity contribution in [3.8, 4) is 11.1 Å². The van der Waals surface area contributed by atoms with Crippen LogP contribution in [0.15, 0.2) is 146 Å². The minimum absolute atomic E-state index is 0.545. The number of hydrogen-bond acceptors (Lipinski definition) is 0. The van der Waals surface area contributed by atoms with E-state index in [4.69, 9.17) is 0 Å². The van der Waals surface area contributed by atoms with E-state index in [0.29, 0.717) is 0 Å². The predicted molar refractivity (Wildman–Crippen MR) is 170 cm³/mol. The zero-order valence-corrected chi connectivity index (χ0v) is 25.5. The normalized spacial score (nSPS) is 9.08. The fourth-order valence-electron chi connectivity index (χ4n) is 3.29. The molecule has 0 aliphatic heterocycles. The van der Waals surface area contributed by atoms with E-state index in [1.165, 1.54) is 27.3 Å². The summed E-state index contributed by atoms with van der Waals surface area (Å²) in [5, 5.41) is 2.95. The molecule has 0 radical (unpaired) electrons. The molecule has 0 bridgehead atoms. The molecule has 37 heavy (non-hydrogen) atoms. The average molecular weight is 589 g/mol. The van der Waals surface area contributed by atoms with Crippen LogP contribution >= 0.6 is 27.4 Å². The van der Waals surface area contributed by atoms with Gasteiger partial charge in [0.2, 0.25) is 0 Å². The Morgan fingerprint density at radius 3 is 1.14 bits per heavy atom. The van der Waals surface area contributed by atoms with Crippen LogP contribution < -0.4 is 10.6 Å². The van der Waals surface area contributed by atoms with Gasteiger partial charge in [-0.3, -0.25) is 0 Å². The second-order valence-corrected chi connectivity index (χ2v) is 10.0. The van der Waals surface area contributed by atoms with Gasteiger partial charge in [0.25, 0.3) is 0 Å². The first-order valence-corrected chi connectivity index (χ1v) is 16.4. The van der Waals surface area contributed by atoms with Crippen molar-refractivity contribution in [1.82, 2.24) is 0 Å². The third kappa shape index (κ3) is 13.7. The molecule has 0 amide bonds. The molecule has 5 rings (SSSR count). The second kappa shape index (κ2) is 21.8. The monoisotopic (exact) mass is 587 g/mol. The summed E-state index contributed by atoms with van der Waals surface area (Å²) in [6.45, 7) is 6.29. The maximum atomic E-state index is 4.26. The fourth-order valence-corrected chi connectivity index (χ4v) is 5.01. The molecule has 0 fully saturated rings. The van der Waals surface area contributed by atoms with Crippen molar-refractivity contribution in [3.05, 3.63) is 157 Å². The van der Waals surface area contributed by atoms with Gasteiger partial charge in [-0.2, -0.15) is 35.9 Å².